The predicted molar refractivity (Wildman–Crippen MR) is 38.3 cm³/mol. The number of alkyl halides is 3. The Morgan fingerprint density at radius 2 is 1.85 bits per heavy atom. The lowest BCUT2D eigenvalue weighted by Crippen LogP contribution is -2.25. The summed E-state index contributed by atoms with van der Waals surface area (Å²) < 4.78 is 59.4. The Hall–Kier alpha value is -0.300. The largest absolute Gasteiger partial charge is 0.523 e. The molecule has 0 N–H and O–H groups in total. The summed E-state index contributed by atoms with van der Waals surface area (Å²) >= 11 is 0. The second-order valence-corrected chi connectivity index (χ2v) is 4.56. The highest BCUT2D eigenvalue weighted by molar-refractivity contribution is 7.87. The van der Waals surface area contributed by atoms with Gasteiger partial charge in [-0.05, 0) is 12.3 Å². The van der Waals surface area contributed by atoms with Crippen LogP contribution >= 0.6 is 0 Å². The first-order valence-corrected chi connectivity index (χ1v) is 5.19. The summed E-state index contributed by atoms with van der Waals surface area (Å²) in [5.41, 5.74) is -5.30. The van der Waals surface area contributed by atoms with Gasteiger partial charge >= 0.3 is 15.6 Å². The topological polar surface area (TPSA) is 43.4 Å². The van der Waals surface area contributed by atoms with E-state index in [0.29, 0.717) is 12.3 Å². The van der Waals surface area contributed by atoms with E-state index in [1.54, 1.807) is 0 Å². The highest BCUT2D eigenvalue weighted by Gasteiger charge is 2.47. The summed E-state index contributed by atoms with van der Waals surface area (Å²) in [7, 11) is -5.37. The van der Waals surface area contributed by atoms with Crippen LogP contribution in [0.25, 0.3) is 0 Å². The van der Waals surface area contributed by atoms with Gasteiger partial charge in [-0.1, -0.05) is 12.8 Å². The van der Waals surface area contributed by atoms with Crippen LogP contribution in [0.15, 0.2) is 0 Å². The minimum Gasteiger partial charge on any atom is -0.263 e. The average molecular weight is 218 g/mol. The van der Waals surface area contributed by atoms with E-state index in [1.807, 2.05) is 0 Å². The third-order valence-corrected chi connectivity index (χ3v) is 2.79. The zero-order valence-electron chi connectivity index (χ0n) is 6.67. The molecule has 1 aliphatic rings. The van der Waals surface area contributed by atoms with Gasteiger partial charge in [0.05, 0.1) is 6.61 Å². The molecule has 0 aromatic carbocycles. The van der Waals surface area contributed by atoms with Crippen molar-refractivity contribution in [2.75, 3.05) is 6.61 Å². The Bertz CT molecular complexity index is 265. The van der Waals surface area contributed by atoms with Gasteiger partial charge in [0.25, 0.3) is 0 Å². The molecule has 78 valence electrons. The molecule has 0 aromatic rings. The summed E-state index contributed by atoms with van der Waals surface area (Å²) in [5, 5.41) is 0. The molecule has 0 radical (unpaired) electrons. The molecular weight excluding hydrogens is 209 g/mol. The Kier molecular flexibility index (Phi) is 2.86. The molecule has 0 atom stereocenters. The van der Waals surface area contributed by atoms with Gasteiger partial charge < -0.3 is 0 Å². The third-order valence-electron chi connectivity index (χ3n) is 1.74. The van der Waals surface area contributed by atoms with Crippen LogP contribution in [0.3, 0.4) is 0 Å². The Morgan fingerprint density at radius 3 is 2.23 bits per heavy atom. The smallest absolute Gasteiger partial charge is 0.263 e. The van der Waals surface area contributed by atoms with Crippen LogP contribution in [0.1, 0.15) is 19.3 Å². The van der Waals surface area contributed by atoms with Crippen molar-refractivity contribution in [1.29, 1.82) is 0 Å². The predicted octanol–water partition coefficient (Wildman–Crippen LogP) is 1.65. The van der Waals surface area contributed by atoms with Crippen molar-refractivity contribution >= 4 is 10.1 Å². The van der Waals surface area contributed by atoms with Crippen LogP contribution in [0.5, 0.6) is 0 Å². The maximum absolute atomic E-state index is 11.7. The fourth-order valence-corrected chi connectivity index (χ4v) is 1.25. The van der Waals surface area contributed by atoms with Gasteiger partial charge in [0, 0.05) is 0 Å². The van der Waals surface area contributed by atoms with Crippen LogP contribution in [0.2, 0.25) is 0 Å². The average Bonchev–Trinajstić information content (AvgIpc) is 2.68. The molecule has 0 aromatic heterocycles. The van der Waals surface area contributed by atoms with E-state index >= 15 is 0 Å². The maximum atomic E-state index is 11.7. The minimum atomic E-state index is -5.37. The number of hydrogen-bond acceptors (Lipinski definition) is 3. The lowest BCUT2D eigenvalue weighted by Gasteiger charge is -2.07. The van der Waals surface area contributed by atoms with Crippen LogP contribution in [-0.4, -0.2) is 20.5 Å². The van der Waals surface area contributed by atoms with Crippen molar-refractivity contribution in [1.82, 2.24) is 0 Å². The van der Waals surface area contributed by atoms with E-state index in [4.69, 9.17) is 0 Å². The van der Waals surface area contributed by atoms with E-state index in [0.717, 1.165) is 12.8 Å². The van der Waals surface area contributed by atoms with Gasteiger partial charge in [0.2, 0.25) is 0 Å². The molecule has 1 fully saturated rings. The van der Waals surface area contributed by atoms with E-state index < -0.39 is 15.6 Å². The highest BCUT2D eigenvalue weighted by Crippen LogP contribution is 2.33. The van der Waals surface area contributed by atoms with Crippen molar-refractivity contribution in [3.63, 3.8) is 0 Å². The molecule has 0 amide bonds. The van der Waals surface area contributed by atoms with E-state index in [9.17, 15) is 21.6 Å². The summed E-state index contributed by atoms with van der Waals surface area (Å²) in [5.74, 6) is 0.350. The van der Waals surface area contributed by atoms with E-state index in [-0.39, 0.29) is 6.61 Å². The number of rotatable bonds is 4. The van der Waals surface area contributed by atoms with Crippen LogP contribution in [0.4, 0.5) is 13.2 Å². The Labute approximate surface area is 74.0 Å². The van der Waals surface area contributed by atoms with E-state index in [1.165, 1.54) is 0 Å². The fourth-order valence-electron chi connectivity index (χ4n) is 0.798. The molecule has 0 unspecified atom stereocenters. The number of halogens is 3. The van der Waals surface area contributed by atoms with Gasteiger partial charge in [0.1, 0.15) is 0 Å². The minimum absolute atomic E-state index is 0.350. The van der Waals surface area contributed by atoms with E-state index in [2.05, 4.69) is 4.18 Å². The standard InChI is InChI=1S/C6H9F3O3S/c7-6(8,9)13(10,11)12-4-3-5-1-2-5/h5H,1-4H2. The summed E-state index contributed by atoms with van der Waals surface area (Å²) in [6, 6.07) is 0. The molecule has 1 rings (SSSR count). The molecule has 13 heavy (non-hydrogen) atoms. The van der Waals surface area contributed by atoms with Crippen LogP contribution in [-0.2, 0) is 14.3 Å². The Morgan fingerprint density at radius 1 is 1.31 bits per heavy atom. The quantitative estimate of drug-likeness (QED) is 0.532. The Balaban J connectivity index is 2.33. The molecular formula is C6H9F3O3S. The van der Waals surface area contributed by atoms with Crippen molar-refractivity contribution in [2.45, 2.75) is 24.8 Å². The molecule has 1 saturated carbocycles. The summed E-state index contributed by atoms with van der Waals surface area (Å²) in [6.07, 6.45) is 2.29. The lowest BCUT2D eigenvalue weighted by molar-refractivity contribution is -0.0543. The number of hydrogen-bond donors (Lipinski definition) is 0. The third kappa shape index (κ3) is 3.15. The molecule has 3 nitrogen and oxygen atoms in total. The van der Waals surface area contributed by atoms with Gasteiger partial charge in [0.15, 0.2) is 0 Å². The van der Waals surface area contributed by atoms with Crippen LogP contribution < -0.4 is 0 Å². The monoisotopic (exact) mass is 218 g/mol. The second kappa shape index (κ2) is 3.45. The fraction of sp³-hybridized carbons (Fsp3) is 1.00. The first-order valence-electron chi connectivity index (χ1n) is 3.78. The second-order valence-electron chi connectivity index (χ2n) is 2.95. The van der Waals surface area contributed by atoms with Crippen molar-refractivity contribution < 1.29 is 25.8 Å². The SMILES string of the molecule is O=S(=O)(OCCC1CC1)C(F)(F)F. The maximum Gasteiger partial charge on any atom is 0.523 e. The van der Waals surface area contributed by atoms with Gasteiger partial charge in [-0.3, -0.25) is 4.18 Å². The van der Waals surface area contributed by atoms with Crippen molar-refractivity contribution in [3.8, 4) is 0 Å². The molecule has 1 aliphatic carbocycles. The molecule has 0 aliphatic heterocycles. The highest BCUT2D eigenvalue weighted by atomic mass is 32.2. The first-order chi connectivity index (χ1) is 5.83. The molecule has 7 heteroatoms. The zero-order chi connectivity index (χ0) is 10.1. The van der Waals surface area contributed by atoms with Crippen molar-refractivity contribution in [2.24, 2.45) is 5.92 Å². The molecule has 0 heterocycles. The van der Waals surface area contributed by atoms with Crippen LogP contribution in [0, 0.1) is 5.92 Å². The lowest BCUT2D eigenvalue weighted by atomic mass is 10.3. The molecule has 0 saturated heterocycles. The summed E-state index contributed by atoms with van der Waals surface area (Å²) in [4.78, 5) is 0. The van der Waals surface area contributed by atoms with Gasteiger partial charge in [-0.2, -0.15) is 21.6 Å². The van der Waals surface area contributed by atoms with Gasteiger partial charge in [-0.25, -0.2) is 0 Å². The van der Waals surface area contributed by atoms with Gasteiger partial charge in [-0.15, -0.1) is 0 Å². The first kappa shape index (κ1) is 10.8. The molecule has 0 spiro atoms. The van der Waals surface area contributed by atoms with Crippen molar-refractivity contribution in [3.05, 3.63) is 0 Å². The summed E-state index contributed by atoms with van der Waals surface area (Å²) in [6.45, 7) is -0.369. The normalized spacial score (nSPS) is 19.0. The zero-order valence-corrected chi connectivity index (χ0v) is 7.49. The molecule has 0 bridgehead atoms.